The van der Waals surface area contributed by atoms with Gasteiger partial charge in [0.2, 0.25) is 0 Å². The molecule has 0 spiro atoms. The number of hydrogen-bond acceptors (Lipinski definition) is 5. The number of aromatic nitrogens is 3. The van der Waals surface area contributed by atoms with Crippen molar-refractivity contribution < 1.29 is 13.6 Å². The van der Waals surface area contributed by atoms with Crippen LogP contribution in [-0.2, 0) is 13.5 Å². The molecule has 0 unspecified atom stereocenters. The van der Waals surface area contributed by atoms with Gasteiger partial charge in [0, 0.05) is 38.4 Å². The predicted molar refractivity (Wildman–Crippen MR) is 112 cm³/mol. The number of alkyl halides is 2. The number of benzene rings is 1. The molecule has 0 aliphatic carbocycles. The van der Waals surface area contributed by atoms with Crippen LogP contribution in [0, 0.1) is 0 Å². The molecule has 1 saturated heterocycles. The maximum absolute atomic E-state index is 13.5. The van der Waals surface area contributed by atoms with E-state index in [0.29, 0.717) is 16.5 Å². The summed E-state index contributed by atoms with van der Waals surface area (Å²) in [5.74, 6) is -2.49. The second kappa shape index (κ2) is 7.11. The zero-order valence-corrected chi connectivity index (χ0v) is 17.0. The minimum atomic E-state index is -2.82. The van der Waals surface area contributed by atoms with Crippen molar-refractivity contribution in [2.75, 3.05) is 24.5 Å². The predicted octanol–water partition coefficient (Wildman–Crippen LogP) is 2.89. The largest absolute Gasteiger partial charge is 0.332 e. The third kappa shape index (κ3) is 3.43. The number of anilines is 2. The lowest BCUT2D eigenvalue weighted by Crippen LogP contribution is -2.32. The number of hydrogen-bond donors (Lipinski definition) is 0. The van der Waals surface area contributed by atoms with Gasteiger partial charge in [0.25, 0.3) is 17.4 Å². The zero-order chi connectivity index (χ0) is 21.8. The van der Waals surface area contributed by atoms with Gasteiger partial charge in [-0.2, -0.15) is 0 Å². The highest BCUT2D eigenvalue weighted by Gasteiger charge is 2.40. The number of halogens is 2. The molecular weight excluding hydrogens is 404 g/mol. The molecule has 1 amide bonds. The highest BCUT2D eigenvalue weighted by molar-refractivity contribution is 5.95. The van der Waals surface area contributed by atoms with Crippen molar-refractivity contribution in [2.45, 2.75) is 25.2 Å². The van der Waals surface area contributed by atoms with E-state index in [1.54, 1.807) is 19.2 Å². The van der Waals surface area contributed by atoms with Crippen LogP contribution in [-0.4, -0.2) is 50.9 Å². The summed E-state index contributed by atoms with van der Waals surface area (Å²) in [4.78, 5) is 37.1. The molecule has 0 radical (unpaired) electrons. The van der Waals surface area contributed by atoms with Gasteiger partial charge < -0.3 is 14.4 Å². The van der Waals surface area contributed by atoms with Gasteiger partial charge in [-0.25, -0.2) is 18.7 Å². The van der Waals surface area contributed by atoms with Crippen molar-refractivity contribution in [3.8, 4) is 0 Å². The maximum Gasteiger partial charge on any atom is 0.267 e. The fourth-order valence-corrected chi connectivity index (χ4v) is 4.29. The number of amides is 1. The van der Waals surface area contributed by atoms with Crippen molar-refractivity contribution >= 4 is 28.3 Å². The van der Waals surface area contributed by atoms with Gasteiger partial charge in [-0.15, -0.1) is 0 Å². The number of rotatable bonds is 2. The third-order valence-corrected chi connectivity index (χ3v) is 5.94. The molecule has 31 heavy (non-hydrogen) atoms. The lowest BCUT2D eigenvalue weighted by atomic mass is 10.0. The van der Waals surface area contributed by atoms with Crippen molar-refractivity contribution in [3.05, 3.63) is 58.3 Å². The number of nitrogens with zero attached hydrogens (tertiary/aromatic N) is 5. The van der Waals surface area contributed by atoms with Crippen molar-refractivity contribution in [3.63, 3.8) is 0 Å². The molecule has 4 heterocycles. The van der Waals surface area contributed by atoms with E-state index in [4.69, 9.17) is 0 Å². The summed E-state index contributed by atoms with van der Waals surface area (Å²) in [5, 5.41) is 0.544. The topological polar surface area (TPSA) is 71.3 Å². The standard InChI is InChI=1S/C22H21F2N5O2/c1-27-13-26-18-10-16(4-5-17(18)21(27)31)29-7-2-3-14-9-15(11-25-19(14)29)20(30)28-8-6-22(23,24)12-28/h4-5,9-11,13H,2-3,6-8,12H2,1H3. The molecule has 2 aliphatic heterocycles. The first-order valence-corrected chi connectivity index (χ1v) is 10.2. The monoisotopic (exact) mass is 425 g/mol. The van der Waals surface area contributed by atoms with E-state index in [0.717, 1.165) is 36.5 Å². The minimum absolute atomic E-state index is 0.0542. The summed E-state index contributed by atoms with van der Waals surface area (Å²) in [6.07, 6.45) is 4.27. The van der Waals surface area contributed by atoms with Crippen LogP contribution in [0.15, 0.2) is 41.6 Å². The van der Waals surface area contributed by atoms with Crippen LogP contribution in [0.3, 0.4) is 0 Å². The molecule has 1 fully saturated rings. The van der Waals surface area contributed by atoms with Crippen LogP contribution >= 0.6 is 0 Å². The Morgan fingerprint density at radius 2 is 2.00 bits per heavy atom. The van der Waals surface area contributed by atoms with Crippen molar-refractivity contribution in [1.29, 1.82) is 0 Å². The Labute approximate surface area is 176 Å². The maximum atomic E-state index is 13.5. The van der Waals surface area contributed by atoms with E-state index in [1.165, 1.54) is 22.0 Å². The zero-order valence-electron chi connectivity index (χ0n) is 17.0. The molecule has 0 saturated carbocycles. The molecule has 160 valence electrons. The first kappa shape index (κ1) is 19.6. The van der Waals surface area contributed by atoms with E-state index in [-0.39, 0.29) is 18.5 Å². The second-order valence-electron chi connectivity index (χ2n) is 8.16. The van der Waals surface area contributed by atoms with E-state index >= 15 is 0 Å². The number of likely N-dealkylation sites (tertiary alicyclic amines) is 1. The molecule has 0 N–H and O–H groups in total. The number of pyridine rings is 1. The van der Waals surface area contributed by atoms with Gasteiger partial charge in [-0.1, -0.05) is 0 Å². The van der Waals surface area contributed by atoms with E-state index < -0.39 is 18.4 Å². The summed E-state index contributed by atoms with van der Waals surface area (Å²) in [7, 11) is 1.66. The normalized spacial score (nSPS) is 17.8. The quantitative estimate of drug-likeness (QED) is 0.632. The Kier molecular flexibility index (Phi) is 4.49. The highest BCUT2D eigenvalue weighted by Crippen LogP contribution is 2.34. The fourth-order valence-electron chi connectivity index (χ4n) is 4.29. The summed E-state index contributed by atoms with van der Waals surface area (Å²) >= 11 is 0. The molecule has 2 aliphatic rings. The van der Waals surface area contributed by atoms with Gasteiger partial charge in [-0.3, -0.25) is 9.59 Å². The minimum Gasteiger partial charge on any atom is -0.332 e. The van der Waals surface area contributed by atoms with Gasteiger partial charge in [0.05, 0.1) is 29.3 Å². The molecule has 7 nitrogen and oxygen atoms in total. The lowest BCUT2D eigenvalue weighted by molar-refractivity contribution is 0.0120. The van der Waals surface area contributed by atoms with Gasteiger partial charge in [0.1, 0.15) is 5.82 Å². The highest BCUT2D eigenvalue weighted by atomic mass is 19.3. The summed E-state index contributed by atoms with van der Waals surface area (Å²) < 4.78 is 28.4. The van der Waals surface area contributed by atoms with Crippen LogP contribution in [0.1, 0.15) is 28.8 Å². The molecule has 9 heteroatoms. The van der Waals surface area contributed by atoms with Crippen molar-refractivity contribution in [2.24, 2.45) is 7.05 Å². The smallest absolute Gasteiger partial charge is 0.267 e. The van der Waals surface area contributed by atoms with Gasteiger partial charge >= 0.3 is 0 Å². The second-order valence-corrected chi connectivity index (χ2v) is 8.16. The van der Waals surface area contributed by atoms with Gasteiger partial charge in [0.15, 0.2) is 0 Å². The number of aryl methyl sites for hydroxylation is 2. The molecule has 3 aromatic rings. The molecular formula is C22H21F2N5O2. The van der Waals surface area contributed by atoms with Crippen LogP contribution < -0.4 is 10.5 Å². The van der Waals surface area contributed by atoms with Crippen LogP contribution in [0.4, 0.5) is 20.3 Å². The summed E-state index contributed by atoms with van der Waals surface area (Å²) in [6.45, 7) is 0.249. The van der Waals surface area contributed by atoms with Crippen LogP contribution in [0.2, 0.25) is 0 Å². The average Bonchev–Trinajstić information content (AvgIpc) is 3.14. The van der Waals surface area contributed by atoms with E-state index in [1.807, 2.05) is 17.0 Å². The molecule has 5 rings (SSSR count). The molecule has 1 aromatic carbocycles. The number of carbonyl (C=O) groups is 1. The Hall–Kier alpha value is -3.36. The SMILES string of the molecule is Cn1cnc2cc(N3CCCc4cc(C(=O)N5CCC(F)(F)C5)cnc43)ccc2c1=O. The van der Waals surface area contributed by atoms with Crippen LogP contribution in [0.5, 0.6) is 0 Å². The third-order valence-electron chi connectivity index (χ3n) is 5.94. The summed E-state index contributed by atoms with van der Waals surface area (Å²) in [5.41, 5.74) is 2.60. The lowest BCUT2D eigenvalue weighted by Gasteiger charge is -2.30. The molecule has 2 aromatic heterocycles. The molecule has 0 atom stereocenters. The Morgan fingerprint density at radius 1 is 1.16 bits per heavy atom. The fraction of sp³-hybridized carbons (Fsp3) is 0.364. The first-order valence-electron chi connectivity index (χ1n) is 10.2. The van der Waals surface area contributed by atoms with E-state index in [2.05, 4.69) is 9.97 Å². The van der Waals surface area contributed by atoms with Gasteiger partial charge in [-0.05, 0) is 42.7 Å². The Bertz CT molecular complexity index is 1260. The summed E-state index contributed by atoms with van der Waals surface area (Å²) in [6, 6.07) is 7.26. The first-order chi connectivity index (χ1) is 14.8. The van der Waals surface area contributed by atoms with Crippen molar-refractivity contribution in [1.82, 2.24) is 19.4 Å². The number of fused-ring (bicyclic) bond motifs is 2. The average molecular weight is 425 g/mol. The van der Waals surface area contributed by atoms with E-state index in [9.17, 15) is 18.4 Å². The Morgan fingerprint density at radius 3 is 2.77 bits per heavy atom. The Balaban J connectivity index is 1.47. The molecule has 0 bridgehead atoms. The van der Waals surface area contributed by atoms with Crippen LogP contribution in [0.25, 0.3) is 10.9 Å². The number of carbonyl (C=O) groups excluding carboxylic acids is 1.